The summed E-state index contributed by atoms with van der Waals surface area (Å²) in [7, 11) is 0. The van der Waals surface area contributed by atoms with Crippen LogP contribution in [0, 0.1) is 23.7 Å². The number of halogens is 1. The number of alkyl halides is 1. The molecule has 2 aliphatic carbocycles. The van der Waals surface area contributed by atoms with Gasteiger partial charge in [0.2, 0.25) is 0 Å². The Labute approximate surface area is 262 Å². The topological polar surface area (TPSA) is 46.2 Å². The Hall–Kier alpha value is -2.50. The van der Waals surface area contributed by atoms with E-state index >= 15 is 0 Å². The van der Waals surface area contributed by atoms with Crippen LogP contribution in [-0.2, 0) is 6.42 Å². The third-order valence-electron chi connectivity index (χ3n) is 10.2. The van der Waals surface area contributed by atoms with Gasteiger partial charge in [0, 0.05) is 26.5 Å². The largest absolute Gasteiger partial charge is 0.398 e. The Morgan fingerprint density at radius 1 is 1.00 bits per heavy atom. The van der Waals surface area contributed by atoms with E-state index in [1.807, 2.05) is 0 Å². The van der Waals surface area contributed by atoms with Crippen molar-refractivity contribution in [3.8, 4) is 0 Å². The third kappa shape index (κ3) is 6.38. The Morgan fingerprint density at radius 2 is 1.76 bits per heavy atom. The van der Waals surface area contributed by atoms with Gasteiger partial charge in [0.25, 0.3) is 0 Å². The van der Waals surface area contributed by atoms with E-state index in [0.29, 0.717) is 9.84 Å². The van der Waals surface area contributed by atoms with Gasteiger partial charge in [-0.15, -0.1) is 20.7 Å². The molecule has 3 aliphatic rings. The summed E-state index contributed by atoms with van der Waals surface area (Å²) < 4.78 is 2.15. The predicted octanol–water partition coefficient (Wildman–Crippen LogP) is 9.66. The first-order valence-corrected chi connectivity index (χ1v) is 18.4. The molecule has 3 unspecified atom stereocenters. The van der Waals surface area contributed by atoms with Crippen LogP contribution in [0.4, 0.5) is 5.69 Å². The standard InChI is InChI=1S/C39H46INO/c1-3-27-11-13-28(14-12-27)7-6-8-29-15-17-30(18-16-29)26(2)36(25-42)32-20-22-37-33(23-32)24-38(40-37)35-21-19-31-9-4-5-10-34(31)39(35)41/h4-5,9-10,15-23,27-28,33,36-37,42H,2-3,6-8,11-14,24-25,41H2,1H3. The van der Waals surface area contributed by atoms with E-state index in [4.69, 9.17) is 5.73 Å². The second kappa shape index (κ2) is 13.4. The zero-order valence-electron chi connectivity index (χ0n) is 25.1. The number of fused-ring (bicyclic) bond motifs is 2. The Kier molecular flexibility index (Phi) is 9.45. The number of rotatable bonds is 10. The molecular formula is C39H46INO. The average Bonchev–Trinajstić information content (AvgIpc) is 3.46. The Morgan fingerprint density at radius 3 is 2.52 bits per heavy atom. The Bertz CT molecular complexity index is 1510. The van der Waals surface area contributed by atoms with Crippen molar-refractivity contribution in [1.82, 2.24) is 0 Å². The summed E-state index contributed by atoms with van der Waals surface area (Å²) in [6, 6.07) is 21.9. The van der Waals surface area contributed by atoms with Gasteiger partial charge in [-0.25, -0.2) is 0 Å². The van der Waals surface area contributed by atoms with Crippen LogP contribution in [0.2, 0.25) is 0 Å². The number of hydrogen-bond donors (Lipinski definition) is 2. The molecule has 1 saturated carbocycles. The first-order chi connectivity index (χ1) is 20.5. The maximum atomic E-state index is 10.5. The van der Waals surface area contributed by atoms with Gasteiger partial charge < -0.3 is 10.8 Å². The summed E-state index contributed by atoms with van der Waals surface area (Å²) in [6.07, 6.45) is 19.1. The molecule has 0 radical (unpaired) electrons. The molecule has 220 valence electrons. The van der Waals surface area contributed by atoms with Crippen LogP contribution in [0.15, 0.2) is 91.0 Å². The molecule has 1 aliphatic heterocycles. The lowest BCUT2D eigenvalue weighted by atomic mass is 9.79. The van der Waals surface area contributed by atoms with Crippen molar-refractivity contribution in [2.24, 2.45) is 23.7 Å². The minimum Gasteiger partial charge on any atom is -0.398 e. The fourth-order valence-corrected chi connectivity index (χ4v) is 11.2. The minimum absolute atomic E-state index is 0.0701. The van der Waals surface area contributed by atoms with E-state index in [2.05, 4.69) is 92.4 Å². The van der Waals surface area contributed by atoms with Crippen molar-refractivity contribution < 1.29 is 5.11 Å². The van der Waals surface area contributed by atoms with Gasteiger partial charge >= 0.3 is 0 Å². The van der Waals surface area contributed by atoms with E-state index < -0.39 is 0 Å². The number of benzene rings is 3. The molecule has 3 N–H and O–H groups in total. The minimum atomic E-state index is -0.138. The van der Waals surface area contributed by atoms with E-state index in [1.54, 1.807) is 3.51 Å². The predicted molar refractivity (Wildman–Crippen MR) is 190 cm³/mol. The lowest BCUT2D eigenvalue weighted by Crippen LogP contribution is -2.18. The second-order valence-electron chi connectivity index (χ2n) is 12.7. The molecule has 3 heteroatoms. The summed E-state index contributed by atoms with van der Waals surface area (Å²) in [5, 5.41) is 12.9. The Balaban J connectivity index is 1.07. The highest BCUT2D eigenvalue weighted by atomic mass is 127. The van der Waals surface area contributed by atoms with Gasteiger partial charge in [0.05, 0.1) is 6.61 Å². The van der Waals surface area contributed by atoms with Crippen LogP contribution in [-0.4, -0.2) is 19.1 Å². The van der Waals surface area contributed by atoms with Crippen LogP contribution >= 0.6 is 20.7 Å². The highest BCUT2D eigenvalue weighted by molar-refractivity contribution is 14.2. The van der Waals surface area contributed by atoms with Crippen molar-refractivity contribution in [1.29, 1.82) is 0 Å². The monoisotopic (exact) mass is 671 g/mol. The van der Waals surface area contributed by atoms with Crippen LogP contribution < -0.4 is 5.73 Å². The molecule has 42 heavy (non-hydrogen) atoms. The van der Waals surface area contributed by atoms with Crippen LogP contribution in [0.1, 0.15) is 75.0 Å². The zero-order chi connectivity index (χ0) is 29.1. The molecule has 1 heterocycles. The van der Waals surface area contributed by atoms with Crippen molar-refractivity contribution in [3.05, 3.63) is 108 Å². The SMILES string of the molecule is C=C(c1ccc(CCCC2CCC(CC)CC2)cc1)C(CO)C1=CC2CC(c3ccc4ccccc4c3N)=IC2C=C1. The number of nitrogen functional groups attached to an aromatic ring is 1. The molecular weight excluding hydrogens is 625 g/mol. The molecule has 3 aromatic rings. The van der Waals surface area contributed by atoms with E-state index in [9.17, 15) is 5.11 Å². The normalized spacial score (nSPS) is 24.4. The number of aliphatic hydroxyl groups is 1. The summed E-state index contributed by atoms with van der Waals surface area (Å²) in [5.74, 6) is 2.34. The van der Waals surface area contributed by atoms with Gasteiger partial charge in [0.1, 0.15) is 0 Å². The molecule has 0 amide bonds. The maximum Gasteiger partial charge on any atom is 0.0540 e. The van der Waals surface area contributed by atoms with Gasteiger partial charge in [0.15, 0.2) is 0 Å². The quantitative estimate of drug-likeness (QED) is 0.128. The van der Waals surface area contributed by atoms with Gasteiger partial charge in [-0.2, -0.15) is 0 Å². The zero-order valence-corrected chi connectivity index (χ0v) is 27.2. The van der Waals surface area contributed by atoms with Gasteiger partial charge in [-0.3, -0.25) is 0 Å². The highest BCUT2D eigenvalue weighted by Crippen LogP contribution is 2.44. The van der Waals surface area contributed by atoms with Crippen LogP contribution in [0.3, 0.4) is 0 Å². The fraction of sp³-hybridized carbons (Fsp3) is 0.410. The number of hydrogen-bond acceptors (Lipinski definition) is 2. The number of anilines is 1. The molecule has 0 spiro atoms. The van der Waals surface area contributed by atoms with E-state index in [-0.39, 0.29) is 33.3 Å². The van der Waals surface area contributed by atoms with Gasteiger partial charge in [-0.1, -0.05) is 131 Å². The average molecular weight is 672 g/mol. The summed E-state index contributed by atoms with van der Waals surface area (Å²) in [5.41, 5.74) is 13.7. The summed E-state index contributed by atoms with van der Waals surface area (Å²) in [6.45, 7) is 6.90. The number of aliphatic hydroxyl groups excluding tert-OH is 1. The van der Waals surface area contributed by atoms with Crippen molar-refractivity contribution in [3.63, 3.8) is 0 Å². The number of allylic oxidation sites excluding steroid dienone is 3. The first-order valence-electron chi connectivity index (χ1n) is 16.1. The van der Waals surface area contributed by atoms with Crippen molar-refractivity contribution in [2.45, 2.75) is 68.6 Å². The highest BCUT2D eigenvalue weighted by Gasteiger charge is 2.31. The molecule has 1 fully saturated rings. The maximum absolute atomic E-state index is 10.5. The molecule has 6 rings (SSSR count). The number of aryl methyl sites for hydroxylation is 1. The molecule has 0 aromatic heterocycles. The van der Waals surface area contributed by atoms with Crippen molar-refractivity contribution in [2.75, 3.05) is 12.3 Å². The lowest BCUT2D eigenvalue weighted by Gasteiger charge is -2.27. The molecule has 0 bridgehead atoms. The van der Waals surface area contributed by atoms with Crippen LogP contribution in [0.5, 0.6) is 0 Å². The van der Waals surface area contributed by atoms with Gasteiger partial charge in [-0.05, 0) is 68.2 Å². The smallest absolute Gasteiger partial charge is 0.0540 e. The summed E-state index contributed by atoms with van der Waals surface area (Å²) in [4.78, 5) is 0. The molecule has 3 atom stereocenters. The lowest BCUT2D eigenvalue weighted by molar-refractivity contribution is 0.255. The summed E-state index contributed by atoms with van der Waals surface area (Å²) >= 11 is -0.138. The van der Waals surface area contributed by atoms with Crippen LogP contribution in [0.25, 0.3) is 16.3 Å². The van der Waals surface area contributed by atoms with E-state index in [0.717, 1.165) is 46.9 Å². The fourth-order valence-electron chi connectivity index (χ4n) is 7.39. The molecule has 0 saturated heterocycles. The third-order valence-corrected chi connectivity index (χ3v) is 14.0. The number of nitrogens with two attached hydrogens (primary N) is 1. The second-order valence-corrected chi connectivity index (χ2v) is 16.1. The molecule has 3 aromatic carbocycles. The first kappa shape index (κ1) is 29.6. The molecule has 2 nitrogen and oxygen atoms in total. The van der Waals surface area contributed by atoms with E-state index in [1.165, 1.54) is 67.0 Å². The van der Waals surface area contributed by atoms with Crippen molar-refractivity contribution >= 4 is 46.3 Å².